The fraction of sp³-hybridized carbons (Fsp3) is 0.750. The third-order valence-corrected chi connectivity index (χ3v) is 2.64. The average Bonchev–Trinajstić information content (AvgIpc) is 2.81. The molecule has 0 aromatic carbocycles. The van der Waals surface area contributed by atoms with Crippen molar-refractivity contribution in [2.45, 2.75) is 18.6 Å². The van der Waals surface area contributed by atoms with Crippen LogP contribution in [0.3, 0.4) is 0 Å². The van der Waals surface area contributed by atoms with E-state index in [9.17, 15) is 0 Å². The Balaban J connectivity index is 1.77. The number of nitrogens with zero attached hydrogens (tertiary/aromatic N) is 1. The lowest BCUT2D eigenvalue weighted by molar-refractivity contribution is 0.119. The zero-order valence-electron chi connectivity index (χ0n) is 6.84. The normalized spacial score (nSPS) is 40.2. The summed E-state index contributed by atoms with van der Waals surface area (Å²) < 4.78 is 5.71. The lowest BCUT2D eigenvalue weighted by atomic mass is 10.1. The summed E-state index contributed by atoms with van der Waals surface area (Å²) in [5.41, 5.74) is 0. The van der Waals surface area contributed by atoms with Crippen LogP contribution in [0.5, 0.6) is 0 Å². The molecule has 4 nitrogen and oxygen atoms in total. The maximum Gasteiger partial charge on any atom is 0.131 e. The first-order chi connectivity index (χ1) is 5.93. The average molecular weight is 166 g/mol. The number of hydrogen-bond acceptors (Lipinski definition) is 4. The van der Waals surface area contributed by atoms with Gasteiger partial charge in [-0.25, -0.2) is 0 Å². The summed E-state index contributed by atoms with van der Waals surface area (Å²) in [7, 11) is 0. The van der Waals surface area contributed by atoms with E-state index >= 15 is 0 Å². The predicted molar refractivity (Wildman–Crippen MR) is 44.8 cm³/mol. The summed E-state index contributed by atoms with van der Waals surface area (Å²) in [6.45, 7) is 2.81. The Labute approximate surface area is 71.4 Å². The molecule has 3 heterocycles. The minimum Gasteiger partial charge on any atom is -0.370 e. The monoisotopic (exact) mass is 166 g/mol. The van der Waals surface area contributed by atoms with Crippen molar-refractivity contribution in [3.05, 3.63) is 6.10 Å². The summed E-state index contributed by atoms with van der Waals surface area (Å²) in [6.07, 6.45) is 2.45. The quantitative estimate of drug-likeness (QED) is 0.540. The first kappa shape index (κ1) is 6.86. The topological polar surface area (TPSA) is 45.6 Å². The van der Waals surface area contributed by atoms with E-state index in [1.54, 1.807) is 0 Å². The van der Waals surface area contributed by atoms with Gasteiger partial charge in [-0.2, -0.15) is 0 Å². The zero-order valence-corrected chi connectivity index (χ0v) is 6.84. The largest absolute Gasteiger partial charge is 0.370 e. The van der Waals surface area contributed by atoms with Gasteiger partial charge in [0, 0.05) is 19.1 Å². The number of fused-ring (bicyclic) bond motifs is 2. The van der Waals surface area contributed by atoms with Gasteiger partial charge >= 0.3 is 0 Å². The fourth-order valence-corrected chi connectivity index (χ4v) is 2.05. The van der Waals surface area contributed by atoms with Gasteiger partial charge in [0.25, 0.3) is 0 Å². The van der Waals surface area contributed by atoms with Crippen LogP contribution in [0.25, 0.3) is 0 Å². The fourth-order valence-electron chi connectivity index (χ4n) is 2.05. The molecule has 12 heavy (non-hydrogen) atoms. The molecule has 0 saturated carbocycles. The standard InChI is InChI=1S/C8H12N3O/c1-2-10-8(9-1)7-6-3-5(12-7)4-11-6/h6-7,11H,1-4H2,(H,9,10). The van der Waals surface area contributed by atoms with Gasteiger partial charge in [-0.3, -0.25) is 4.99 Å². The van der Waals surface area contributed by atoms with Crippen LogP contribution in [0.4, 0.5) is 0 Å². The Morgan fingerprint density at radius 2 is 2.50 bits per heavy atom. The Morgan fingerprint density at radius 3 is 3.08 bits per heavy atom. The lowest BCUT2D eigenvalue weighted by Gasteiger charge is -2.22. The van der Waals surface area contributed by atoms with Crippen molar-refractivity contribution < 1.29 is 4.74 Å². The zero-order chi connectivity index (χ0) is 7.97. The van der Waals surface area contributed by atoms with Crippen molar-refractivity contribution in [3.8, 4) is 0 Å². The third kappa shape index (κ3) is 0.881. The van der Waals surface area contributed by atoms with E-state index < -0.39 is 0 Å². The van der Waals surface area contributed by atoms with Crippen LogP contribution in [-0.2, 0) is 4.74 Å². The summed E-state index contributed by atoms with van der Waals surface area (Å²) in [5.74, 6) is 1.04. The lowest BCUT2D eigenvalue weighted by Crippen LogP contribution is -2.46. The van der Waals surface area contributed by atoms with Crippen molar-refractivity contribution in [3.63, 3.8) is 0 Å². The number of morpholine rings is 1. The van der Waals surface area contributed by atoms with E-state index in [4.69, 9.17) is 4.74 Å². The molecule has 2 unspecified atom stereocenters. The van der Waals surface area contributed by atoms with E-state index in [2.05, 4.69) is 15.6 Å². The molecule has 4 heteroatoms. The van der Waals surface area contributed by atoms with Crippen LogP contribution < -0.4 is 10.6 Å². The van der Waals surface area contributed by atoms with E-state index in [-0.39, 0.29) is 6.10 Å². The number of nitrogens with one attached hydrogen (secondary N) is 2. The molecule has 1 radical (unpaired) electrons. The molecule has 3 rings (SSSR count). The molecule has 2 saturated heterocycles. The molecule has 0 aromatic heterocycles. The number of rotatable bonds is 1. The van der Waals surface area contributed by atoms with E-state index in [0.29, 0.717) is 6.04 Å². The van der Waals surface area contributed by atoms with Crippen LogP contribution in [0.15, 0.2) is 4.99 Å². The number of amidine groups is 1. The van der Waals surface area contributed by atoms with Gasteiger partial charge in [0.1, 0.15) is 18.0 Å². The molecule has 0 spiro atoms. The Morgan fingerprint density at radius 1 is 1.50 bits per heavy atom. The van der Waals surface area contributed by atoms with Gasteiger partial charge in [-0.1, -0.05) is 0 Å². The van der Waals surface area contributed by atoms with Crippen molar-refractivity contribution in [1.29, 1.82) is 0 Å². The van der Waals surface area contributed by atoms with Crippen molar-refractivity contribution in [2.24, 2.45) is 4.99 Å². The molecule has 0 amide bonds. The van der Waals surface area contributed by atoms with Crippen LogP contribution >= 0.6 is 0 Å². The van der Waals surface area contributed by atoms with E-state index in [1.807, 2.05) is 0 Å². The van der Waals surface area contributed by atoms with E-state index in [1.165, 1.54) is 6.10 Å². The van der Waals surface area contributed by atoms with Crippen LogP contribution in [0, 0.1) is 6.10 Å². The van der Waals surface area contributed by atoms with Crippen molar-refractivity contribution >= 4 is 5.84 Å². The summed E-state index contributed by atoms with van der Waals surface area (Å²) in [6, 6.07) is 0.476. The van der Waals surface area contributed by atoms with E-state index in [0.717, 1.165) is 31.9 Å². The maximum absolute atomic E-state index is 5.71. The highest BCUT2D eigenvalue weighted by atomic mass is 16.5. The van der Waals surface area contributed by atoms with Crippen LogP contribution in [0.1, 0.15) is 6.42 Å². The van der Waals surface area contributed by atoms with Gasteiger partial charge < -0.3 is 15.4 Å². The summed E-state index contributed by atoms with van der Waals surface area (Å²) in [4.78, 5) is 4.36. The molecule has 2 fully saturated rings. The molecule has 2 bridgehead atoms. The maximum atomic E-state index is 5.71. The number of aliphatic imine (C=N–C) groups is 1. The van der Waals surface area contributed by atoms with Gasteiger partial charge in [-0.15, -0.1) is 0 Å². The molecule has 65 valence electrons. The molecule has 0 aromatic rings. The highest BCUT2D eigenvalue weighted by Gasteiger charge is 2.44. The van der Waals surface area contributed by atoms with Gasteiger partial charge in [0.2, 0.25) is 0 Å². The third-order valence-electron chi connectivity index (χ3n) is 2.64. The highest BCUT2D eigenvalue weighted by Crippen LogP contribution is 2.31. The van der Waals surface area contributed by atoms with Gasteiger partial charge in [0.05, 0.1) is 6.54 Å². The number of ether oxygens (including phenoxy) is 1. The molecule has 0 aliphatic carbocycles. The first-order valence-corrected chi connectivity index (χ1v) is 4.46. The molecule has 2 atom stereocenters. The van der Waals surface area contributed by atoms with Crippen molar-refractivity contribution in [2.75, 3.05) is 19.6 Å². The Hall–Kier alpha value is -0.610. The Kier molecular flexibility index (Phi) is 1.39. The van der Waals surface area contributed by atoms with Crippen LogP contribution in [0.2, 0.25) is 0 Å². The second-order valence-electron chi connectivity index (χ2n) is 3.46. The highest BCUT2D eigenvalue weighted by molar-refractivity contribution is 5.89. The molecular weight excluding hydrogens is 154 g/mol. The minimum atomic E-state index is 0.177. The minimum absolute atomic E-state index is 0.177. The molecular formula is C8H12N3O. The van der Waals surface area contributed by atoms with Crippen LogP contribution in [-0.4, -0.2) is 37.6 Å². The second-order valence-corrected chi connectivity index (χ2v) is 3.46. The van der Waals surface area contributed by atoms with Crippen molar-refractivity contribution in [1.82, 2.24) is 10.6 Å². The Bertz CT molecular complexity index is 228. The first-order valence-electron chi connectivity index (χ1n) is 4.46. The van der Waals surface area contributed by atoms with Gasteiger partial charge in [0.15, 0.2) is 0 Å². The molecule has 2 N–H and O–H groups in total. The SMILES string of the molecule is C1CNC(C2O[C]3CNC2C3)=N1. The van der Waals surface area contributed by atoms with Gasteiger partial charge in [-0.05, 0) is 6.42 Å². The smallest absolute Gasteiger partial charge is 0.131 e. The molecule has 3 aliphatic rings. The number of hydrogen-bond donors (Lipinski definition) is 2. The molecule has 3 aliphatic heterocycles. The second kappa shape index (κ2) is 2.44. The summed E-state index contributed by atoms with van der Waals surface area (Å²) >= 11 is 0. The predicted octanol–water partition coefficient (Wildman–Crippen LogP) is -0.719. The summed E-state index contributed by atoms with van der Waals surface area (Å²) in [5, 5.41) is 6.66.